The van der Waals surface area contributed by atoms with Gasteiger partial charge in [-0.3, -0.25) is 8.98 Å². The van der Waals surface area contributed by atoms with E-state index in [1.807, 2.05) is 5.38 Å². The van der Waals surface area contributed by atoms with Crippen molar-refractivity contribution in [1.29, 1.82) is 0 Å². The topological polar surface area (TPSA) is 154 Å². The average molecular weight is 573 g/mol. The fourth-order valence-corrected chi connectivity index (χ4v) is 5.41. The SMILES string of the molecule is NS(=O)(=O)OC[C@H]1C[C@@H](Nc2ncncc2C(=O)c2cc(COc3cccc(Cl)c3Cl)cs2)C[C@@H]1O. The minimum atomic E-state index is -4.10. The Morgan fingerprint density at radius 3 is 2.89 bits per heavy atom. The standard InChI is InChI=1S/C22H22Cl2N4O6S2/c23-16-2-1-3-18(20(16)24)33-8-12-4-19(35-10-12)21(30)15-7-26-11-27-22(15)28-14-5-13(17(29)6-14)9-34-36(25,31)32/h1-4,7,10-11,13-14,17,29H,5-6,8-9H2,(H2,25,31,32)(H,26,27,28)/t13-,14-,17+/m1/s1. The molecule has 3 aromatic rings. The number of carbonyl (C=O) groups excluding carboxylic acids is 1. The summed E-state index contributed by atoms with van der Waals surface area (Å²) in [7, 11) is -4.10. The molecule has 2 aromatic heterocycles. The van der Waals surface area contributed by atoms with Gasteiger partial charge in [-0.25, -0.2) is 15.1 Å². The van der Waals surface area contributed by atoms with Crippen LogP contribution in [0, 0.1) is 5.92 Å². The van der Waals surface area contributed by atoms with Gasteiger partial charge in [-0.05, 0) is 36.4 Å². The number of thiophene rings is 1. The van der Waals surface area contributed by atoms with Gasteiger partial charge in [0.25, 0.3) is 0 Å². The molecule has 192 valence electrons. The normalized spacial score (nSPS) is 19.8. The van der Waals surface area contributed by atoms with Crippen LogP contribution >= 0.6 is 34.5 Å². The number of ketones is 1. The Morgan fingerprint density at radius 1 is 1.31 bits per heavy atom. The molecule has 36 heavy (non-hydrogen) atoms. The first-order valence-corrected chi connectivity index (χ1v) is 13.8. The van der Waals surface area contributed by atoms with Gasteiger partial charge >= 0.3 is 10.3 Å². The number of carbonyl (C=O) groups is 1. The van der Waals surface area contributed by atoms with E-state index in [9.17, 15) is 18.3 Å². The molecule has 0 spiro atoms. The third kappa shape index (κ3) is 6.71. The molecule has 0 radical (unpaired) electrons. The molecule has 2 heterocycles. The van der Waals surface area contributed by atoms with Gasteiger partial charge in [0.05, 0.1) is 28.2 Å². The highest BCUT2D eigenvalue weighted by atomic mass is 35.5. The zero-order valence-corrected chi connectivity index (χ0v) is 21.8. The monoisotopic (exact) mass is 572 g/mol. The molecule has 0 saturated heterocycles. The van der Waals surface area contributed by atoms with Crippen LogP contribution in [0.3, 0.4) is 0 Å². The van der Waals surface area contributed by atoms with Crippen molar-refractivity contribution in [3.05, 3.63) is 68.2 Å². The van der Waals surface area contributed by atoms with Crippen molar-refractivity contribution < 1.29 is 27.2 Å². The van der Waals surface area contributed by atoms with Crippen LogP contribution in [0.15, 0.2) is 42.2 Å². The van der Waals surface area contributed by atoms with Crippen LogP contribution in [0.1, 0.15) is 33.6 Å². The Bertz CT molecular complexity index is 1350. The van der Waals surface area contributed by atoms with Gasteiger partial charge in [-0.15, -0.1) is 11.3 Å². The third-order valence-electron chi connectivity index (χ3n) is 5.59. The number of benzene rings is 1. The molecule has 0 amide bonds. The molecule has 4 rings (SSSR count). The summed E-state index contributed by atoms with van der Waals surface area (Å²) in [6.45, 7) is -0.0314. The summed E-state index contributed by atoms with van der Waals surface area (Å²) in [5, 5.41) is 20.8. The van der Waals surface area contributed by atoms with Crippen LogP contribution in [-0.4, -0.2) is 48.0 Å². The number of halogens is 2. The van der Waals surface area contributed by atoms with E-state index in [1.54, 1.807) is 24.3 Å². The predicted molar refractivity (Wildman–Crippen MR) is 136 cm³/mol. The van der Waals surface area contributed by atoms with Gasteiger partial charge < -0.3 is 15.2 Å². The van der Waals surface area contributed by atoms with E-state index < -0.39 is 22.3 Å². The minimum Gasteiger partial charge on any atom is -0.487 e. The lowest BCUT2D eigenvalue weighted by Crippen LogP contribution is -2.24. The van der Waals surface area contributed by atoms with Gasteiger partial charge in [-0.1, -0.05) is 29.3 Å². The first-order chi connectivity index (χ1) is 17.1. The van der Waals surface area contributed by atoms with E-state index in [-0.39, 0.29) is 30.6 Å². The molecule has 0 bridgehead atoms. The largest absolute Gasteiger partial charge is 0.487 e. The van der Waals surface area contributed by atoms with Crippen molar-refractivity contribution in [2.45, 2.75) is 31.6 Å². The number of ether oxygens (including phenoxy) is 1. The highest BCUT2D eigenvalue weighted by Crippen LogP contribution is 2.33. The molecular weight excluding hydrogens is 551 g/mol. The Hall–Kier alpha value is -2.32. The Labute approximate surface area is 221 Å². The Kier molecular flexibility index (Phi) is 8.45. The number of nitrogens with zero attached hydrogens (tertiary/aromatic N) is 2. The maximum Gasteiger partial charge on any atom is 0.333 e. The second kappa shape index (κ2) is 11.4. The summed E-state index contributed by atoms with van der Waals surface area (Å²) in [6, 6.07) is 6.57. The molecule has 10 nitrogen and oxygen atoms in total. The fraction of sp³-hybridized carbons (Fsp3) is 0.318. The second-order valence-electron chi connectivity index (χ2n) is 8.19. The van der Waals surface area contributed by atoms with Gasteiger partial charge in [-0.2, -0.15) is 8.42 Å². The smallest absolute Gasteiger partial charge is 0.333 e. The lowest BCUT2D eigenvalue weighted by atomic mass is 10.1. The molecule has 14 heteroatoms. The number of nitrogens with one attached hydrogen (secondary N) is 1. The second-order valence-corrected chi connectivity index (χ2v) is 11.1. The van der Waals surface area contributed by atoms with Crippen LogP contribution in [0.2, 0.25) is 10.0 Å². The van der Waals surface area contributed by atoms with Crippen molar-refractivity contribution in [3.8, 4) is 5.75 Å². The molecular formula is C22H22Cl2N4O6S2. The molecule has 0 aliphatic heterocycles. The fourth-order valence-electron chi connectivity index (χ4n) is 3.85. The number of hydrogen-bond acceptors (Lipinski definition) is 10. The van der Waals surface area contributed by atoms with Crippen LogP contribution < -0.4 is 15.2 Å². The van der Waals surface area contributed by atoms with Gasteiger partial charge in [0.1, 0.15) is 29.5 Å². The number of aliphatic hydroxyl groups is 1. The highest BCUT2D eigenvalue weighted by molar-refractivity contribution is 7.84. The third-order valence-corrected chi connectivity index (χ3v) is 7.83. The van der Waals surface area contributed by atoms with E-state index in [4.69, 9.17) is 33.1 Å². The Balaban J connectivity index is 1.41. The molecule has 1 aromatic carbocycles. The first-order valence-electron chi connectivity index (χ1n) is 10.7. The minimum absolute atomic E-state index is 0.197. The summed E-state index contributed by atoms with van der Waals surface area (Å²) in [5.41, 5.74) is 1.05. The number of rotatable bonds is 10. The molecule has 1 aliphatic carbocycles. The lowest BCUT2D eigenvalue weighted by Gasteiger charge is -2.15. The van der Waals surface area contributed by atoms with E-state index >= 15 is 0 Å². The first kappa shape index (κ1) is 26.7. The van der Waals surface area contributed by atoms with Crippen LogP contribution in [0.4, 0.5) is 5.82 Å². The number of anilines is 1. The van der Waals surface area contributed by atoms with Gasteiger partial charge in [0, 0.05) is 23.7 Å². The molecule has 1 saturated carbocycles. The van der Waals surface area contributed by atoms with Crippen LogP contribution in [0.25, 0.3) is 0 Å². The van der Waals surface area contributed by atoms with Crippen LogP contribution in [-0.2, 0) is 21.1 Å². The average Bonchev–Trinajstić information content (AvgIpc) is 3.44. The molecule has 1 fully saturated rings. The summed E-state index contributed by atoms with van der Waals surface area (Å²) in [6.07, 6.45) is 2.67. The van der Waals surface area contributed by atoms with Gasteiger partial charge in [0.2, 0.25) is 5.78 Å². The summed E-state index contributed by atoms with van der Waals surface area (Å²) in [5.74, 6) is 0.0484. The quantitative estimate of drug-likeness (QED) is 0.310. The van der Waals surface area contributed by atoms with Crippen LogP contribution in [0.5, 0.6) is 5.75 Å². The number of nitrogens with two attached hydrogens (primary N) is 1. The van der Waals surface area contributed by atoms with Gasteiger partial charge in [0.15, 0.2) is 0 Å². The zero-order chi connectivity index (χ0) is 25.9. The summed E-state index contributed by atoms with van der Waals surface area (Å²) < 4.78 is 32.5. The van der Waals surface area contributed by atoms with E-state index in [0.29, 0.717) is 39.3 Å². The van der Waals surface area contributed by atoms with Crippen molar-refractivity contribution in [2.75, 3.05) is 11.9 Å². The highest BCUT2D eigenvalue weighted by Gasteiger charge is 2.34. The van der Waals surface area contributed by atoms with Crippen molar-refractivity contribution in [3.63, 3.8) is 0 Å². The van der Waals surface area contributed by atoms with E-state index in [2.05, 4.69) is 19.5 Å². The van der Waals surface area contributed by atoms with E-state index in [1.165, 1.54) is 23.9 Å². The molecule has 1 aliphatic rings. The maximum atomic E-state index is 13.2. The number of aromatic nitrogens is 2. The lowest BCUT2D eigenvalue weighted by molar-refractivity contribution is 0.101. The summed E-state index contributed by atoms with van der Waals surface area (Å²) >= 11 is 13.4. The van der Waals surface area contributed by atoms with Crippen molar-refractivity contribution in [1.82, 2.24) is 9.97 Å². The molecule has 3 atom stereocenters. The van der Waals surface area contributed by atoms with Crippen molar-refractivity contribution in [2.24, 2.45) is 11.1 Å². The Morgan fingerprint density at radius 2 is 2.11 bits per heavy atom. The predicted octanol–water partition coefficient (Wildman–Crippen LogP) is 3.43. The zero-order valence-electron chi connectivity index (χ0n) is 18.6. The maximum absolute atomic E-state index is 13.2. The number of aliphatic hydroxyl groups excluding tert-OH is 1. The number of hydrogen-bond donors (Lipinski definition) is 3. The molecule has 0 unspecified atom stereocenters. The van der Waals surface area contributed by atoms with E-state index in [0.717, 1.165) is 5.56 Å². The molecule has 4 N–H and O–H groups in total. The summed E-state index contributed by atoms with van der Waals surface area (Å²) in [4.78, 5) is 21.9. The van der Waals surface area contributed by atoms with Crippen molar-refractivity contribution >= 4 is 56.4 Å².